The number of carbonyl (C=O) groups excluding carboxylic acids is 2. The lowest BCUT2D eigenvalue weighted by atomic mass is 10.2. The molecular formula is C18H21ClN2O4S. The zero-order chi connectivity index (χ0) is 18.9. The molecule has 0 spiro atoms. The number of anilines is 1. The molecule has 0 atom stereocenters. The molecule has 0 aliphatic rings. The van der Waals surface area contributed by atoms with Crippen LogP contribution in [-0.4, -0.2) is 30.2 Å². The molecule has 2 aromatic rings. The summed E-state index contributed by atoms with van der Waals surface area (Å²) >= 11 is 6.98. The van der Waals surface area contributed by atoms with E-state index < -0.39 is 12.1 Å². The average Bonchev–Trinajstić information content (AvgIpc) is 3.09. The lowest BCUT2D eigenvalue weighted by molar-refractivity contribution is 0.0531. The molecule has 8 heteroatoms. The Labute approximate surface area is 161 Å². The Hall–Kier alpha value is -2.12. The molecule has 0 N–H and O–H groups in total. The Bertz CT molecular complexity index is 736. The van der Waals surface area contributed by atoms with Crippen LogP contribution in [0.3, 0.4) is 0 Å². The molecule has 0 saturated heterocycles. The van der Waals surface area contributed by atoms with E-state index in [1.807, 2.05) is 37.3 Å². The van der Waals surface area contributed by atoms with E-state index in [0.29, 0.717) is 28.7 Å². The molecule has 0 aliphatic carbocycles. The van der Waals surface area contributed by atoms with Gasteiger partial charge >= 0.3 is 12.1 Å². The fourth-order valence-corrected chi connectivity index (χ4v) is 3.45. The quantitative estimate of drug-likeness (QED) is 0.481. The van der Waals surface area contributed by atoms with E-state index >= 15 is 0 Å². The predicted octanol–water partition coefficient (Wildman–Crippen LogP) is 4.61. The maximum atomic E-state index is 12.5. The first-order valence-corrected chi connectivity index (χ1v) is 9.66. The van der Waals surface area contributed by atoms with Crippen LogP contribution in [0.4, 0.5) is 9.93 Å². The van der Waals surface area contributed by atoms with Gasteiger partial charge in [-0.2, -0.15) is 0 Å². The Morgan fingerprint density at radius 2 is 1.92 bits per heavy atom. The molecule has 0 saturated carbocycles. The summed E-state index contributed by atoms with van der Waals surface area (Å²) in [5.74, 6) is -0.426. The van der Waals surface area contributed by atoms with Crippen LogP contribution in [0.1, 0.15) is 41.2 Å². The van der Waals surface area contributed by atoms with Crippen molar-refractivity contribution in [2.24, 2.45) is 0 Å². The van der Waals surface area contributed by atoms with Crippen molar-refractivity contribution >= 4 is 40.1 Å². The number of amides is 1. The third-order valence-electron chi connectivity index (χ3n) is 3.38. The first kappa shape index (κ1) is 20.2. The number of nitrogens with zero attached hydrogens (tertiary/aromatic N) is 2. The molecule has 2 rings (SSSR count). The van der Waals surface area contributed by atoms with Gasteiger partial charge in [-0.05, 0) is 18.9 Å². The maximum Gasteiger partial charge on any atom is 0.416 e. The fraction of sp³-hybridized carbons (Fsp3) is 0.389. The normalized spacial score (nSPS) is 10.4. The van der Waals surface area contributed by atoms with E-state index in [2.05, 4.69) is 4.98 Å². The molecule has 26 heavy (non-hydrogen) atoms. The molecular weight excluding hydrogens is 376 g/mol. The Balaban J connectivity index is 2.17. The van der Waals surface area contributed by atoms with Crippen LogP contribution in [0.2, 0.25) is 0 Å². The highest BCUT2D eigenvalue weighted by molar-refractivity contribution is 7.17. The highest BCUT2D eigenvalue weighted by Crippen LogP contribution is 2.29. The fourth-order valence-electron chi connectivity index (χ4n) is 2.19. The van der Waals surface area contributed by atoms with E-state index in [1.54, 1.807) is 6.92 Å². The molecule has 1 aromatic carbocycles. The van der Waals surface area contributed by atoms with Gasteiger partial charge < -0.3 is 9.47 Å². The molecule has 140 valence electrons. The minimum absolute atomic E-state index is 0.0592. The van der Waals surface area contributed by atoms with Crippen LogP contribution < -0.4 is 4.90 Å². The summed E-state index contributed by atoms with van der Waals surface area (Å²) in [6.07, 6.45) is 0.200. The van der Waals surface area contributed by atoms with Gasteiger partial charge in [0.2, 0.25) is 0 Å². The molecule has 1 heterocycles. The van der Waals surface area contributed by atoms with Gasteiger partial charge in [0, 0.05) is 6.54 Å². The second kappa shape index (κ2) is 10.1. The first-order chi connectivity index (χ1) is 12.6. The number of halogens is 1. The Kier molecular flexibility index (Phi) is 7.87. The molecule has 0 unspecified atom stereocenters. The van der Waals surface area contributed by atoms with Crippen molar-refractivity contribution in [3.8, 4) is 0 Å². The second-order valence-corrected chi connectivity index (χ2v) is 6.56. The van der Waals surface area contributed by atoms with Crippen molar-refractivity contribution in [1.82, 2.24) is 4.98 Å². The number of carbonyl (C=O) groups is 2. The third kappa shape index (κ3) is 5.19. The molecule has 0 fully saturated rings. The summed E-state index contributed by atoms with van der Waals surface area (Å²) in [4.78, 5) is 30.7. The van der Waals surface area contributed by atoms with Crippen LogP contribution >= 0.6 is 22.9 Å². The minimum Gasteiger partial charge on any atom is -0.462 e. The number of thiazole rings is 1. The van der Waals surface area contributed by atoms with Gasteiger partial charge in [0.25, 0.3) is 0 Å². The van der Waals surface area contributed by atoms with Crippen LogP contribution in [0, 0.1) is 0 Å². The topological polar surface area (TPSA) is 68.7 Å². The highest BCUT2D eigenvalue weighted by atomic mass is 35.5. The summed E-state index contributed by atoms with van der Waals surface area (Å²) < 4.78 is 10.4. The minimum atomic E-state index is -0.513. The second-order valence-electron chi connectivity index (χ2n) is 5.32. The van der Waals surface area contributed by atoms with Crippen LogP contribution in [-0.2, 0) is 22.0 Å². The molecule has 1 aromatic heterocycles. The van der Waals surface area contributed by atoms with E-state index in [4.69, 9.17) is 21.1 Å². The van der Waals surface area contributed by atoms with Gasteiger partial charge in [-0.1, -0.05) is 48.6 Å². The number of rotatable bonds is 8. The number of hydrogen-bond acceptors (Lipinski definition) is 6. The summed E-state index contributed by atoms with van der Waals surface area (Å²) in [5.41, 5.74) is 1.30. The third-order valence-corrected chi connectivity index (χ3v) is 4.73. The van der Waals surface area contributed by atoms with Gasteiger partial charge in [0.15, 0.2) is 5.13 Å². The molecule has 0 bridgehead atoms. The predicted molar refractivity (Wildman–Crippen MR) is 102 cm³/mol. The average molecular weight is 397 g/mol. The van der Waals surface area contributed by atoms with E-state index in [1.165, 1.54) is 4.90 Å². The van der Waals surface area contributed by atoms with E-state index in [-0.39, 0.29) is 19.1 Å². The van der Waals surface area contributed by atoms with Crippen molar-refractivity contribution in [2.75, 3.05) is 18.1 Å². The monoisotopic (exact) mass is 396 g/mol. The SMILES string of the molecule is CCCN(C(=O)OCc1ccccc1)c1nc(CCl)c(C(=O)OCC)s1. The summed E-state index contributed by atoms with van der Waals surface area (Å²) in [7, 11) is 0. The van der Waals surface area contributed by atoms with Crippen LogP contribution in [0.25, 0.3) is 0 Å². The lowest BCUT2D eigenvalue weighted by Crippen LogP contribution is -2.32. The molecule has 6 nitrogen and oxygen atoms in total. The van der Waals surface area contributed by atoms with Crippen LogP contribution in [0.15, 0.2) is 30.3 Å². The summed E-state index contributed by atoms with van der Waals surface area (Å²) in [6, 6.07) is 9.42. The van der Waals surface area contributed by atoms with Gasteiger partial charge in [-0.3, -0.25) is 4.90 Å². The summed E-state index contributed by atoms with van der Waals surface area (Å²) in [5, 5.41) is 0.378. The smallest absolute Gasteiger partial charge is 0.416 e. The van der Waals surface area contributed by atoms with Crippen LogP contribution in [0.5, 0.6) is 0 Å². The van der Waals surface area contributed by atoms with E-state index in [9.17, 15) is 9.59 Å². The zero-order valence-electron chi connectivity index (χ0n) is 14.7. The van der Waals surface area contributed by atoms with Gasteiger partial charge in [0.1, 0.15) is 11.5 Å². The highest BCUT2D eigenvalue weighted by Gasteiger charge is 2.25. The van der Waals surface area contributed by atoms with E-state index in [0.717, 1.165) is 16.9 Å². The molecule has 0 aliphatic heterocycles. The van der Waals surface area contributed by atoms with Crippen molar-refractivity contribution in [1.29, 1.82) is 0 Å². The van der Waals surface area contributed by atoms with Crippen molar-refractivity contribution in [3.63, 3.8) is 0 Å². The zero-order valence-corrected chi connectivity index (χ0v) is 16.3. The lowest BCUT2D eigenvalue weighted by Gasteiger charge is -2.18. The van der Waals surface area contributed by atoms with Crippen molar-refractivity contribution in [3.05, 3.63) is 46.5 Å². The molecule has 1 amide bonds. The van der Waals surface area contributed by atoms with Gasteiger partial charge in [-0.25, -0.2) is 14.6 Å². The standard InChI is InChI=1S/C18H21ClN2O4S/c1-3-10-21(18(23)25-12-13-8-6-5-7-9-13)17-20-14(11-19)15(26-17)16(22)24-4-2/h5-9H,3-4,10-12H2,1-2H3. The number of alkyl halides is 1. The van der Waals surface area contributed by atoms with Gasteiger partial charge in [-0.15, -0.1) is 11.6 Å². The Morgan fingerprint density at radius 3 is 2.54 bits per heavy atom. The number of aromatic nitrogens is 1. The summed E-state index contributed by atoms with van der Waals surface area (Å²) in [6.45, 7) is 4.51. The number of benzene rings is 1. The first-order valence-electron chi connectivity index (χ1n) is 8.31. The number of ether oxygens (including phenoxy) is 2. The Morgan fingerprint density at radius 1 is 1.19 bits per heavy atom. The van der Waals surface area contributed by atoms with Crippen molar-refractivity contribution < 1.29 is 19.1 Å². The largest absolute Gasteiger partial charge is 0.462 e. The van der Waals surface area contributed by atoms with Crippen molar-refractivity contribution in [2.45, 2.75) is 32.8 Å². The number of esters is 1. The number of hydrogen-bond donors (Lipinski definition) is 0. The molecule has 0 radical (unpaired) electrons. The maximum absolute atomic E-state index is 12.5. The van der Waals surface area contributed by atoms with Gasteiger partial charge in [0.05, 0.1) is 18.2 Å².